The molecule has 0 bridgehead atoms. The van der Waals surface area contributed by atoms with Crippen LogP contribution in [0.4, 0.5) is 0 Å². The van der Waals surface area contributed by atoms with Crippen LogP contribution in [0.1, 0.15) is 22.9 Å². The number of fused-ring (bicyclic) bond motifs is 7. The Morgan fingerprint density at radius 2 is 1.26 bits per heavy atom. The number of amidine groups is 2. The lowest BCUT2D eigenvalue weighted by atomic mass is 9.96. The first kappa shape index (κ1) is 26.8. The SMILES string of the molecule is C[Si]1(C)c2cccc(C3=NC(c4ccc(-c5ccccc5)cc4)=NC(c4ccccc4)N3)c2-c2c1ccc1c2oc2ccccc21. The predicted octanol–water partition coefficient (Wildman–Crippen LogP) is 8.55. The zero-order valence-corrected chi connectivity index (χ0v) is 26.7. The maximum atomic E-state index is 6.65. The molecule has 6 aromatic carbocycles. The summed E-state index contributed by atoms with van der Waals surface area (Å²) < 4.78 is 6.65. The fraction of sp³-hybridized carbons (Fsp3) is 0.0732. The van der Waals surface area contributed by atoms with E-state index in [9.17, 15) is 0 Å². The lowest BCUT2D eigenvalue weighted by Crippen LogP contribution is -2.49. The van der Waals surface area contributed by atoms with Crippen molar-refractivity contribution in [3.63, 3.8) is 0 Å². The molecule has 1 atom stereocenters. The standard InChI is InChI=1S/C41H31N3OSi/c1-46(2)34-19-11-17-32(36(34)37-35(46)25-24-31-30-16-9-10-18-33(30)45-38(31)37)41-43-39(28-14-7-4-8-15-28)42-40(44-41)29-22-20-27(21-23-29)26-12-5-3-6-13-26/h3-25,39H,1-2H3,(H,42,43,44). The third-order valence-corrected chi connectivity index (χ3v) is 13.1. The molecule has 0 saturated heterocycles. The van der Waals surface area contributed by atoms with Gasteiger partial charge in [0.2, 0.25) is 0 Å². The molecular weight excluding hydrogens is 579 g/mol. The number of benzene rings is 6. The molecule has 1 N–H and O–H groups in total. The van der Waals surface area contributed by atoms with Crippen LogP contribution in [0.2, 0.25) is 13.1 Å². The Morgan fingerprint density at radius 3 is 2.07 bits per heavy atom. The van der Waals surface area contributed by atoms with Crippen molar-refractivity contribution in [3.05, 3.63) is 156 Å². The topological polar surface area (TPSA) is 49.9 Å². The highest BCUT2D eigenvalue weighted by atomic mass is 28.3. The largest absolute Gasteiger partial charge is 0.455 e. The number of furan rings is 1. The van der Waals surface area contributed by atoms with E-state index in [-0.39, 0.29) is 6.17 Å². The average Bonchev–Trinajstić information content (AvgIpc) is 3.61. The Bertz CT molecular complexity index is 2350. The van der Waals surface area contributed by atoms with E-state index in [1.54, 1.807) is 0 Å². The summed E-state index contributed by atoms with van der Waals surface area (Å²) in [5, 5.41) is 8.85. The monoisotopic (exact) mass is 609 g/mol. The molecule has 5 heteroatoms. The molecule has 0 radical (unpaired) electrons. The second kappa shape index (κ2) is 10.3. The van der Waals surface area contributed by atoms with E-state index in [0.29, 0.717) is 0 Å². The number of rotatable bonds is 4. The molecule has 0 fully saturated rings. The van der Waals surface area contributed by atoms with Crippen LogP contribution in [0.5, 0.6) is 0 Å². The molecule has 0 amide bonds. The molecule has 1 aromatic heterocycles. The second-order valence-corrected chi connectivity index (χ2v) is 17.0. The minimum atomic E-state index is -2.02. The summed E-state index contributed by atoms with van der Waals surface area (Å²) in [5.41, 5.74) is 9.85. The van der Waals surface area contributed by atoms with Crippen LogP contribution in [-0.4, -0.2) is 19.7 Å². The van der Waals surface area contributed by atoms with Crippen LogP contribution < -0.4 is 15.7 Å². The minimum absolute atomic E-state index is 0.276. The van der Waals surface area contributed by atoms with Crippen LogP contribution in [0.3, 0.4) is 0 Å². The molecule has 0 saturated carbocycles. The Hall–Kier alpha value is -5.52. The Balaban J connectivity index is 1.23. The molecule has 4 nitrogen and oxygen atoms in total. The summed E-state index contributed by atoms with van der Waals surface area (Å²) in [6, 6.07) is 49.1. The van der Waals surface area contributed by atoms with Crippen molar-refractivity contribution in [2.45, 2.75) is 19.3 Å². The van der Waals surface area contributed by atoms with Crippen LogP contribution in [0, 0.1) is 0 Å². The van der Waals surface area contributed by atoms with Gasteiger partial charge in [-0.25, -0.2) is 9.98 Å². The highest BCUT2D eigenvalue weighted by Crippen LogP contribution is 2.40. The fourth-order valence-electron chi connectivity index (χ4n) is 7.21. The van der Waals surface area contributed by atoms with Gasteiger partial charge in [0.15, 0.2) is 5.84 Å². The minimum Gasteiger partial charge on any atom is -0.455 e. The number of aliphatic imine (C=N–C) groups is 2. The summed E-state index contributed by atoms with van der Waals surface area (Å²) in [7, 11) is -2.02. The molecule has 7 aromatic rings. The predicted molar refractivity (Wildman–Crippen MR) is 193 cm³/mol. The molecule has 0 aliphatic carbocycles. The van der Waals surface area contributed by atoms with Crippen molar-refractivity contribution in [1.29, 1.82) is 0 Å². The first-order valence-corrected chi connectivity index (χ1v) is 18.8. The smallest absolute Gasteiger partial charge is 0.159 e. The first-order valence-electron chi connectivity index (χ1n) is 15.8. The highest BCUT2D eigenvalue weighted by Gasteiger charge is 2.41. The van der Waals surface area contributed by atoms with E-state index in [2.05, 4.69) is 140 Å². The zero-order chi connectivity index (χ0) is 30.8. The Labute approximate surface area is 268 Å². The third kappa shape index (κ3) is 4.12. The fourth-order valence-corrected chi connectivity index (χ4v) is 10.3. The first-order chi connectivity index (χ1) is 22.6. The van der Waals surface area contributed by atoms with Crippen molar-refractivity contribution in [2.24, 2.45) is 9.98 Å². The van der Waals surface area contributed by atoms with Gasteiger partial charge in [0, 0.05) is 27.5 Å². The van der Waals surface area contributed by atoms with Gasteiger partial charge in [-0.2, -0.15) is 0 Å². The molecule has 9 rings (SSSR count). The van der Waals surface area contributed by atoms with E-state index in [0.717, 1.165) is 50.3 Å². The van der Waals surface area contributed by atoms with Gasteiger partial charge in [-0.15, -0.1) is 0 Å². The van der Waals surface area contributed by atoms with Gasteiger partial charge in [0.05, 0.1) is 0 Å². The summed E-state index contributed by atoms with van der Waals surface area (Å²) in [5.74, 6) is 1.55. The number of hydrogen-bond acceptors (Lipinski definition) is 4. The number of nitrogens with zero attached hydrogens (tertiary/aromatic N) is 2. The number of hydrogen-bond donors (Lipinski definition) is 1. The number of para-hydroxylation sites is 1. The summed E-state index contributed by atoms with van der Waals surface area (Å²) in [6.07, 6.45) is -0.276. The van der Waals surface area contributed by atoms with Crippen molar-refractivity contribution in [1.82, 2.24) is 5.32 Å². The quantitative estimate of drug-likeness (QED) is 0.203. The van der Waals surface area contributed by atoms with Crippen LogP contribution >= 0.6 is 0 Å². The van der Waals surface area contributed by atoms with Crippen molar-refractivity contribution in [2.75, 3.05) is 0 Å². The van der Waals surface area contributed by atoms with Crippen molar-refractivity contribution in [3.8, 4) is 22.3 Å². The third-order valence-electron chi connectivity index (χ3n) is 9.57. The molecule has 220 valence electrons. The summed E-state index contributed by atoms with van der Waals surface area (Å²) in [4.78, 5) is 10.4. The van der Waals surface area contributed by atoms with Gasteiger partial charge in [-0.3, -0.25) is 0 Å². The van der Waals surface area contributed by atoms with Crippen LogP contribution in [-0.2, 0) is 0 Å². The molecular formula is C41H31N3OSi. The zero-order valence-electron chi connectivity index (χ0n) is 25.7. The molecule has 1 unspecified atom stereocenters. The van der Waals surface area contributed by atoms with E-state index in [1.807, 2.05) is 18.2 Å². The second-order valence-electron chi connectivity index (χ2n) is 12.6. The van der Waals surface area contributed by atoms with Gasteiger partial charge < -0.3 is 9.73 Å². The van der Waals surface area contributed by atoms with Gasteiger partial charge in [-0.05, 0) is 38.7 Å². The summed E-state index contributed by atoms with van der Waals surface area (Å²) in [6.45, 7) is 4.89. The lowest BCUT2D eigenvalue weighted by Gasteiger charge is -2.25. The average molecular weight is 610 g/mol. The van der Waals surface area contributed by atoms with Crippen LogP contribution in [0.15, 0.2) is 154 Å². The van der Waals surface area contributed by atoms with E-state index in [4.69, 9.17) is 14.4 Å². The summed E-state index contributed by atoms with van der Waals surface area (Å²) >= 11 is 0. The van der Waals surface area contributed by atoms with Gasteiger partial charge >= 0.3 is 0 Å². The molecule has 2 aliphatic rings. The Kier molecular flexibility index (Phi) is 5.99. The van der Waals surface area contributed by atoms with Gasteiger partial charge in [-0.1, -0.05) is 147 Å². The van der Waals surface area contributed by atoms with E-state index >= 15 is 0 Å². The normalized spacial score (nSPS) is 16.4. The molecule has 3 heterocycles. The lowest BCUT2D eigenvalue weighted by molar-refractivity contribution is 0.670. The molecule has 2 aliphatic heterocycles. The van der Waals surface area contributed by atoms with Gasteiger partial charge in [0.1, 0.15) is 31.2 Å². The highest BCUT2D eigenvalue weighted by molar-refractivity contribution is 7.04. The van der Waals surface area contributed by atoms with Crippen LogP contribution in [0.25, 0.3) is 44.2 Å². The van der Waals surface area contributed by atoms with Crippen molar-refractivity contribution >= 4 is 52.1 Å². The van der Waals surface area contributed by atoms with Gasteiger partial charge in [0.25, 0.3) is 0 Å². The maximum absolute atomic E-state index is 6.65. The number of nitrogens with one attached hydrogen (secondary N) is 1. The maximum Gasteiger partial charge on any atom is 0.159 e. The molecule has 0 spiro atoms. The molecule has 46 heavy (non-hydrogen) atoms. The van der Waals surface area contributed by atoms with E-state index < -0.39 is 8.07 Å². The van der Waals surface area contributed by atoms with E-state index in [1.165, 1.54) is 32.6 Å². The Morgan fingerprint density at radius 1 is 0.587 bits per heavy atom. The van der Waals surface area contributed by atoms with Crippen molar-refractivity contribution < 1.29 is 4.42 Å².